The molecule has 242 valence electrons. The number of hydrogen-bond donors (Lipinski definition) is 3. The van der Waals surface area contributed by atoms with Crippen molar-refractivity contribution in [3.8, 4) is 11.4 Å². The number of aromatic nitrogens is 3. The maximum atomic E-state index is 14.1. The maximum Gasteiger partial charge on any atom is 0.278 e. The van der Waals surface area contributed by atoms with E-state index in [-0.39, 0.29) is 23.0 Å². The number of pyridine rings is 1. The van der Waals surface area contributed by atoms with Gasteiger partial charge in [-0.2, -0.15) is 0 Å². The van der Waals surface area contributed by atoms with Crippen LogP contribution in [0.25, 0.3) is 22.4 Å². The molecule has 1 amide bonds. The van der Waals surface area contributed by atoms with Crippen LogP contribution in [-0.4, -0.2) is 51.3 Å². The third kappa shape index (κ3) is 6.20. The Morgan fingerprint density at radius 1 is 1.09 bits per heavy atom. The van der Waals surface area contributed by atoms with E-state index in [1.165, 1.54) is 0 Å². The molecule has 1 fully saturated rings. The molecule has 3 N–H and O–H groups in total. The summed E-state index contributed by atoms with van der Waals surface area (Å²) in [6, 6.07) is 5.81. The van der Waals surface area contributed by atoms with Crippen molar-refractivity contribution < 1.29 is 13.6 Å². The normalized spacial score (nSPS) is 20.7. The molecule has 46 heavy (non-hydrogen) atoms. The van der Waals surface area contributed by atoms with E-state index < -0.39 is 5.92 Å². The van der Waals surface area contributed by atoms with Crippen molar-refractivity contribution in [1.29, 1.82) is 0 Å². The van der Waals surface area contributed by atoms with Gasteiger partial charge in [0, 0.05) is 43.9 Å². The number of halogens is 2. The molecule has 0 spiro atoms. The lowest BCUT2D eigenvalue weighted by molar-refractivity contribution is 0.0675. The lowest BCUT2D eigenvalue weighted by atomic mass is 9.91. The molecule has 3 heterocycles. The minimum absolute atomic E-state index is 0.00961. The van der Waals surface area contributed by atoms with Crippen molar-refractivity contribution in [3.63, 3.8) is 0 Å². The fourth-order valence-corrected chi connectivity index (χ4v) is 7.34. The number of allylic oxidation sites excluding steroid dienone is 4. The lowest BCUT2D eigenvalue weighted by Crippen LogP contribution is -2.32. The molecule has 7 nitrogen and oxygen atoms in total. The third-order valence-electron chi connectivity index (χ3n) is 9.74. The Kier molecular flexibility index (Phi) is 9.02. The molecule has 9 heteroatoms. The van der Waals surface area contributed by atoms with Crippen LogP contribution in [0.4, 0.5) is 8.78 Å². The van der Waals surface area contributed by atoms with E-state index in [2.05, 4.69) is 47.5 Å². The smallest absolute Gasteiger partial charge is 0.278 e. The van der Waals surface area contributed by atoms with Gasteiger partial charge in [0.05, 0.1) is 22.2 Å². The molecular weight excluding hydrogens is 584 g/mol. The van der Waals surface area contributed by atoms with Gasteiger partial charge < -0.3 is 20.2 Å². The van der Waals surface area contributed by atoms with E-state index in [1.807, 2.05) is 23.1 Å². The molecule has 1 saturated carbocycles. The van der Waals surface area contributed by atoms with Crippen LogP contribution in [0.2, 0.25) is 0 Å². The highest BCUT2D eigenvalue weighted by Gasteiger charge is 2.50. The van der Waals surface area contributed by atoms with Crippen LogP contribution in [0, 0.1) is 11.8 Å². The standard InChI is InChI=1S/C37H43F2N5O2/c1-5-8-22-9-11-25(37(4,38)39)18-23(22)10-12-27-26(7-3)32(27)28-13-15-41-35(45)33(28)34-42-30-19-24-21-44(17-16-40-14-6-2)36(46)29(24)20-31(30)43-34/h13,15,18-20,26-27,32,40H,5-8,10,12,14,16-17,21H2,1-4H3,(H,41,45)(H,42,43). The first-order valence-electron chi connectivity index (χ1n) is 16.7. The molecule has 6 rings (SSSR count). The largest absolute Gasteiger partial charge is 0.338 e. The first-order chi connectivity index (χ1) is 22.1. The summed E-state index contributed by atoms with van der Waals surface area (Å²) < 4.78 is 28.3. The Morgan fingerprint density at radius 2 is 1.91 bits per heavy atom. The Balaban J connectivity index is 1.23. The third-order valence-corrected chi connectivity index (χ3v) is 9.74. The number of carbonyl (C=O) groups is 1. The quantitative estimate of drug-likeness (QED) is 0.128. The van der Waals surface area contributed by atoms with Crippen LogP contribution >= 0.6 is 0 Å². The molecule has 0 bridgehead atoms. The van der Waals surface area contributed by atoms with E-state index >= 15 is 0 Å². The lowest BCUT2D eigenvalue weighted by Gasteiger charge is -2.16. The number of fused-ring (bicyclic) bond motifs is 2. The molecule has 0 radical (unpaired) electrons. The number of carbonyl (C=O) groups excluding carboxylic acids is 1. The zero-order valence-corrected chi connectivity index (χ0v) is 27.2. The molecule has 2 aliphatic carbocycles. The summed E-state index contributed by atoms with van der Waals surface area (Å²) in [6.45, 7) is 10.1. The summed E-state index contributed by atoms with van der Waals surface area (Å²) in [7, 11) is 0. The van der Waals surface area contributed by atoms with Gasteiger partial charge in [0.1, 0.15) is 5.82 Å². The van der Waals surface area contributed by atoms with Crippen molar-refractivity contribution in [2.75, 3.05) is 19.6 Å². The van der Waals surface area contributed by atoms with E-state index in [0.29, 0.717) is 53.8 Å². The number of benzene rings is 1. The van der Waals surface area contributed by atoms with E-state index in [9.17, 15) is 18.4 Å². The molecule has 3 atom stereocenters. The van der Waals surface area contributed by atoms with Crippen LogP contribution < -0.4 is 10.9 Å². The van der Waals surface area contributed by atoms with Crippen molar-refractivity contribution >= 4 is 16.9 Å². The van der Waals surface area contributed by atoms with Gasteiger partial charge in [-0.05, 0) is 91.0 Å². The van der Waals surface area contributed by atoms with Gasteiger partial charge in [-0.25, -0.2) is 13.8 Å². The van der Waals surface area contributed by atoms with Crippen molar-refractivity contribution in [1.82, 2.24) is 25.2 Å². The zero-order valence-electron chi connectivity index (χ0n) is 27.2. The van der Waals surface area contributed by atoms with Crippen molar-refractivity contribution in [2.24, 2.45) is 11.8 Å². The Labute approximate surface area is 268 Å². The number of alkyl halides is 2. The molecule has 3 aliphatic rings. The van der Waals surface area contributed by atoms with Gasteiger partial charge in [-0.15, -0.1) is 0 Å². The fourth-order valence-electron chi connectivity index (χ4n) is 7.34. The highest BCUT2D eigenvalue weighted by atomic mass is 19.3. The number of hydrogen-bond acceptors (Lipinski definition) is 4. The van der Waals surface area contributed by atoms with Gasteiger partial charge in [-0.1, -0.05) is 45.1 Å². The van der Waals surface area contributed by atoms with Crippen LogP contribution in [0.5, 0.6) is 0 Å². The summed E-state index contributed by atoms with van der Waals surface area (Å²) in [5.74, 6) is -1.59. The summed E-state index contributed by atoms with van der Waals surface area (Å²) in [5.41, 5.74) is 11.8. The maximum absolute atomic E-state index is 14.1. The van der Waals surface area contributed by atoms with Crippen LogP contribution in [0.1, 0.15) is 93.6 Å². The second kappa shape index (κ2) is 13.0. The summed E-state index contributed by atoms with van der Waals surface area (Å²) in [4.78, 5) is 39.4. The van der Waals surface area contributed by atoms with E-state index in [0.717, 1.165) is 79.9 Å². The number of nitrogens with zero attached hydrogens (tertiary/aromatic N) is 2. The van der Waals surface area contributed by atoms with Crippen molar-refractivity contribution in [2.45, 2.75) is 84.6 Å². The average molecular weight is 628 g/mol. The summed E-state index contributed by atoms with van der Waals surface area (Å²) >= 11 is 0. The van der Waals surface area contributed by atoms with E-state index in [4.69, 9.17) is 4.98 Å². The van der Waals surface area contributed by atoms with Crippen molar-refractivity contribution in [3.05, 3.63) is 85.7 Å². The molecule has 3 unspecified atom stereocenters. The Bertz CT molecular complexity index is 1850. The van der Waals surface area contributed by atoms with Gasteiger partial charge in [0.2, 0.25) is 0 Å². The van der Waals surface area contributed by atoms with Gasteiger partial charge in [0.25, 0.3) is 17.4 Å². The van der Waals surface area contributed by atoms with Crippen LogP contribution in [0.3, 0.4) is 0 Å². The minimum atomic E-state index is -2.96. The van der Waals surface area contributed by atoms with Crippen LogP contribution in [0.15, 0.2) is 63.4 Å². The highest BCUT2D eigenvalue weighted by molar-refractivity contribution is 6.01. The predicted octanol–water partition coefficient (Wildman–Crippen LogP) is 7.40. The summed E-state index contributed by atoms with van der Waals surface area (Å²) in [5, 5.41) is 3.35. The minimum Gasteiger partial charge on any atom is -0.338 e. The first-order valence-corrected chi connectivity index (χ1v) is 16.7. The van der Waals surface area contributed by atoms with Gasteiger partial charge >= 0.3 is 0 Å². The molecular formula is C37H43F2N5O2. The fraction of sp³-hybridized carbons (Fsp3) is 0.486. The highest BCUT2D eigenvalue weighted by Crippen LogP contribution is 2.59. The molecule has 2 aromatic heterocycles. The molecule has 0 saturated heterocycles. The first kappa shape index (κ1) is 31.9. The average Bonchev–Trinajstić information content (AvgIpc) is 3.44. The number of H-pyrrole nitrogens is 2. The Morgan fingerprint density at radius 3 is 2.65 bits per heavy atom. The zero-order chi connectivity index (χ0) is 32.6. The van der Waals surface area contributed by atoms with Gasteiger partial charge in [-0.3, -0.25) is 9.59 Å². The van der Waals surface area contributed by atoms with Crippen LogP contribution in [-0.2, 0) is 6.54 Å². The molecule has 1 aliphatic heterocycles. The monoisotopic (exact) mass is 627 g/mol. The SMILES string of the molecule is CCCNCCN1Cc2cc3[nH]c(-c4c(C5C(CC)C5CCC5=CC(C(C)(F)F)=C=C=C5CCC)cc[nH]c4=O)nc3cc2C1=O. The number of amides is 1. The Hall–Kier alpha value is -4.03. The summed E-state index contributed by atoms with van der Waals surface area (Å²) in [6.07, 6.45) is 8.50. The number of aromatic amines is 2. The number of imidazole rings is 1. The number of nitrogens with one attached hydrogen (secondary N) is 3. The second-order valence-electron chi connectivity index (χ2n) is 13.0. The second-order valence-corrected chi connectivity index (χ2v) is 13.0. The molecule has 3 aromatic rings. The predicted molar refractivity (Wildman–Crippen MR) is 177 cm³/mol. The van der Waals surface area contributed by atoms with Gasteiger partial charge in [0.15, 0.2) is 0 Å². The number of rotatable bonds is 14. The molecule has 1 aromatic carbocycles. The van der Waals surface area contributed by atoms with E-state index in [1.54, 1.807) is 12.3 Å². The topological polar surface area (TPSA) is 93.9 Å².